The Bertz CT molecular complexity index is 1040. The summed E-state index contributed by atoms with van der Waals surface area (Å²) in [5.74, 6) is -1.44. The molecular formula is C21H19ClF2N2O4S. The van der Waals surface area contributed by atoms with Crippen LogP contribution in [0, 0.1) is 11.6 Å². The molecule has 1 aromatic heterocycles. The molecule has 164 valence electrons. The molecule has 0 radical (unpaired) electrons. The molecule has 0 saturated carbocycles. The number of aromatic nitrogens is 1. The van der Waals surface area contributed by atoms with Crippen molar-refractivity contribution in [1.29, 1.82) is 0 Å². The molecule has 1 atom stereocenters. The molecule has 1 N–H and O–H groups in total. The highest BCUT2D eigenvalue weighted by atomic mass is 35.5. The predicted molar refractivity (Wildman–Crippen MR) is 114 cm³/mol. The number of alkyl halides is 1. The van der Waals surface area contributed by atoms with Gasteiger partial charge in [-0.1, -0.05) is 6.92 Å². The molecule has 0 fully saturated rings. The average molecular weight is 469 g/mol. The number of methoxy groups -OCH3 is 1. The van der Waals surface area contributed by atoms with Crippen molar-refractivity contribution < 1.29 is 27.8 Å². The first-order valence-corrected chi connectivity index (χ1v) is 10.6. The third kappa shape index (κ3) is 6.36. The van der Waals surface area contributed by atoms with E-state index in [1.54, 1.807) is 5.38 Å². The zero-order valence-electron chi connectivity index (χ0n) is 16.7. The normalized spacial score (nSPS) is 11.8. The number of carbonyl (C=O) groups excluding carboxylic acids is 1. The minimum absolute atomic E-state index is 0.0635. The maximum absolute atomic E-state index is 13.5. The summed E-state index contributed by atoms with van der Waals surface area (Å²) in [6.45, 7) is 1.87. The maximum Gasteiger partial charge on any atom is 0.257 e. The van der Waals surface area contributed by atoms with Gasteiger partial charge in [0.2, 0.25) is 0 Å². The Kier molecular flexibility index (Phi) is 7.78. The molecule has 0 aliphatic carbocycles. The Morgan fingerprint density at radius 1 is 1.13 bits per heavy atom. The Hall–Kier alpha value is -2.75. The number of thiazole rings is 1. The minimum Gasteiger partial charge on any atom is -0.465 e. The van der Waals surface area contributed by atoms with E-state index in [0.29, 0.717) is 17.2 Å². The maximum atomic E-state index is 13.5. The summed E-state index contributed by atoms with van der Waals surface area (Å²) < 4.78 is 43.6. The van der Waals surface area contributed by atoms with Gasteiger partial charge in [-0.3, -0.25) is 10.1 Å². The average Bonchev–Trinajstić information content (AvgIpc) is 3.18. The predicted octanol–water partition coefficient (Wildman–Crippen LogP) is 5.97. The lowest BCUT2D eigenvalue weighted by atomic mass is 10.2. The molecule has 0 aliphatic rings. The van der Waals surface area contributed by atoms with Gasteiger partial charge in [0.05, 0.1) is 11.6 Å². The van der Waals surface area contributed by atoms with Crippen molar-refractivity contribution in [3.05, 3.63) is 64.7 Å². The van der Waals surface area contributed by atoms with Gasteiger partial charge in [-0.15, -0.1) is 22.9 Å². The zero-order valence-corrected chi connectivity index (χ0v) is 18.2. The number of ether oxygens (including phenoxy) is 3. The number of halogens is 3. The number of nitrogens with zero attached hydrogens (tertiary/aromatic N) is 1. The van der Waals surface area contributed by atoms with Gasteiger partial charge in [-0.05, 0) is 12.1 Å². The van der Waals surface area contributed by atoms with E-state index in [2.05, 4.69) is 10.3 Å². The molecule has 2 aromatic carbocycles. The van der Waals surface area contributed by atoms with E-state index in [0.717, 1.165) is 18.2 Å². The van der Waals surface area contributed by atoms with Gasteiger partial charge in [0.1, 0.15) is 28.9 Å². The number of hydrogen-bond acceptors (Lipinski definition) is 6. The van der Waals surface area contributed by atoms with Crippen LogP contribution in [0.25, 0.3) is 0 Å². The lowest BCUT2D eigenvalue weighted by Gasteiger charge is -2.17. The highest BCUT2D eigenvalue weighted by Gasteiger charge is 2.15. The van der Waals surface area contributed by atoms with Gasteiger partial charge in [-0.25, -0.2) is 13.8 Å². The fraction of sp³-hybridized carbons (Fsp3) is 0.238. The summed E-state index contributed by atoms with van der Waals surface area (Å²) in [4.78, 5) is 17.0. The van der Waals surface area contributed by atoms with E-state index in [4.69, 9.17) is 25.8 Å². The lowest BCUT2D eigenvalue weighted by molar-refractivity contribution is -0.0549. The van der Waals surface area contributed by atoms with Gasteiger partial charge >= 0.3 is 0 Å². The smallest absolute Gasteiger partial charge is 0.257 e. The number of anilines is 1. The first kappa shape index (κ1) is 22.9. The molecule has 0 bridgehead atoms. The zero-order chi connectivity index (χ0) is 22.4. The number of carbonyl (C=O) groups is 1. The van der Waals surface area contributed by atoms with Crippen molar-refractivity contribution in [2.75, 3.05) is 12.4 Å². The van der Waals surface area contributed by atoms with Crippen LogP contribution < -0.4 is 14.8 Å². The second-order valence-electron chi connectivity index (χ2n) is 6.32. The minimum atomic E-state index is -0.787. The highest BCUT2D eigenvalue weighted by molar-refractivity contribution is 7.14. The molecular weight excluding hydrogens is 450 g/mol. The molecule has 0 aliphatic heterocycles. The van der Waals surface area contributed by atoms with Crippen LogP contribution in [-0.2, 0) is 10.6 Å². The Balaban J connectivity index is 1.90. The molecule has 10 heteroatoms. The summed E-state index contributed by atoms with van der Waals surface area (Å²) >= 11 is 6.98. The highest BCUT2D eigenvalue weighted by Crippen LogP contribution is 2.30. The molecule has 6 nitrogen and oxygen atoms in total. The monoisotopic (exact) mass is 468 g/mol. The number of amides is 1. The van der Waals surface area contributed by atoms with E-state index < -0.39 is 23.8 Å². The summed E-state index contributed by atoms with van der Waals surface area (Å²) in [7, 11) is 1.49. The van der Waals surface area contributed by atoms with E-state index in [1.165, 1.54) is 36.6 Å². The third-order valence-electron chi connectivity index (χ3n) is 3.99. The Morgan fingerprint density at radius 2 is 1.81 bits per heavy atom. The van der Waals surface area contributed by atoms with Crippen LogP contribution in [0.15, 0.2) is 41.8 Å². The number of hydrogen-bond donors (Lipinski definition) is 1. The van der Waals surface area contributed by atoms with Crippen LogP contribution in [0.3, 0.4) is 0 Å². The lowest BCUT2D eigenvalue weighted by Crippen LogP contribution is -2.18. The SMILES string of the molecule is CCC(OC)Oc1cc(Oc2cc(F)cc(F)c2)cc(C(=O)Nc2nc(CCl)cs2)c1. The molecule has 1 amide bonds. The van der Waals surface area contributed by atoms with E-state index in [9.17, 15) is 13.6 Å². The summed E-state index contributed by atoms with van der Waals surface area (Å²) in [5, 5.41) is 4.79. The van der Waals surface area contributed by atoms with Crippen molar-refractivity contribution in [2.24, 2.45) is 0 Å². The number of benzene rings is 2. The summed E-state index contributed by atoms with van der Waals surface area (Å²) in [6, 6.07) is 7.23. The molecule has 0 saturated heterocycles. The topological polar surface area (TPSA) is 69.7 Å². The van der Waals surface area contributed by atoms with Crippen LogP contribution in [0.2, 0.25) is 0 Å². The third-order valence-corrected chi connectivity index (χ3v) is 5.07. The van der Waals surface area contributed by atoms with Gasteiger partial charge in [0, 0.05) is 48.7 Å². The first-order valence-electron chi connectivity index (χ1n) is 9.20. The second kappa shape index (κ2) is 10.5. The van der Waals surface area contributed by atoms with Gasteiger partial charge in [0.15, 0.2) is 11.4 Å². The van der Waals surface area contributed by atoms with Crippen LogP contribution in [0.1, 0.15) is 29.4 Å². The quantitative estimate of drug-likeness (QED) is 0.309. The molecule has 3 aromatic rings. The van der Waals surface area contributed by atoms with Crippen molar-refractivity contribution in [1.82, 2.24) is 4.98 Å². The molecule has 3 rings (SSSR count). The van der Waals surface area contributed by atoms with E-state index >= 15 is 0 Å². The van der Waals surface area contributed by atoms with E-state index in [-0.39, 0.29) is 28.7 Å². The fourth-order valence-corrected chi connectivity index (χ4v) is 3.53. The first-order chi connectivity index (χ1) is 14.9. The van der Waals surface area contributed by atoms with Crippen molar-refractivity contribution in [2.45, 2.75) is 25.5 Å². The number of nitrogens with one attached hydrogen (secondary N) is 1. The van der Waals surface area contributed by atoms with Crippen molar-refractivity contribution in [3.8, 4) is 17.2 Å². The largest absolute Gasteiger partial charge is 0.465 e. The standard InChI is InChI=1S/C21H19ClF2N2O4S/c1-3-19(28-2)30-17-5-12(20(27)26-21-25-15(10-22)11-31-21)4-16(9-17)29-18-7-13(23)6-14(24)8-18/h4-9,11,19H,3,10H2,1-2H3,(H,25,26,27). The van der Waals surface area contributed by atoms with Crippen molar-refractivity contribution >= 4 is 34.0 Å². The fourth-order valence-electron chi connectivity index (χ4n) is 2.60. The van der Waals surface area contributed by atoms with Crippen LogP contribution in [-0.4, -0.2) is 24.3 Å². The van der Waals surface area contributed by atoms with Gasteiger partial charge in [-0.2, -0.15) is 0 Å². The molecule has 0 spiro atoms. The van der Waals surface area contributed by atoms with Gasteiger partial charge < -0.3 is 14.2 Å². The van der Waals surface area contributed by atoms with E-state index in [1.807, 2.05) is 6.92 Å². The Labute approximate surface area is 186 Å². The molecule has 1 unspecified atom stereocenters. The van der Waals surface area contributed by atoms with Crippen LogP contribution >= 0.6 is 22.9 Å². The molecule has 1 heterocycles. The summed E-state index contributed by atoms with van der Waals surface area (Å²) in [6.07, 6.45) is 0.00135. The second-order valence-corrected chi connectivity index (χ2v) is 7.45. The Morgan fingerprint density at radius 3 is 2.42 bits per heavy atom. The molecule has 31 heavy (non-hydrogen) atoms. The van der Waals surface area contributed by atoms with Gasteiger partial charge in [0.25, 0.3) is 5.91 Å². The number of rotatable bonds is 9. The van der Waals surface area contributed by atoms with Crippen molar-refractivity contribution in [3.63, 3.8) is 0 Å². The van der Waals surface area contributed by atoms with Crippen LogP contribution in [0.5, 0.6) is 17.2 Å². The van der Waals surface area contributed by atoms with Crippen LogP contribution in [0.4, 0.5) is 13.9 Å². The summed E-state index contributed by atoms with van der Waals surface area (Å²) in [5.41, 5.74) is 0.833.